The van der Waals surface area contributed by atoms with Crippen molar-refractivity contribution in [2.45, 2.75) is 24.7 Å². The van der Waals surface area contributed by atoms with Crippen LogP contribution in [0, 0.1) is 0 Å². The van der Waals surface area contributed by atoms with Gasteiger partial charge in [0.25, 0.3) is 0 Å². The van der Waals surface area contributed by atoms with Crippen LogP contribution in [0.3, 0.4) is 0 Å². The van der Waals surface area contributed by atoms with Gasteiger partial charge in [-0.15, -0.1) is 11.3 Å². The lowest BCUT2D eigenvalue weighted by Gasteiger charge is -2.35. The number of benzene rings is 12. The van der Waals surface area contributed by atoms with E-state index in [9.17, 15) is 0 Å². The average molecular weight is 1020 g/mol. The summed E-state index contributed by atoms with van der Waals surface area (Å²) in [6, 6.07) is 99.1. The number of hydrogen-bond acceptors (Lipinski definition) is 4. The lowest BCUT2D eigenvalue weighted by molar-refractivity contribution is 0.660. The molecule has 0 amide bonds. The third-order valence-corrected chi connectivity index (χ3v) is 18.2. The molecule has 368 valence electrons. The molecule has 0 spiro atoms. The molecule has 0 unspecified atom stereocenters. The van der Waals surface area contributed by atoms with E-state index in [1.165, 1.54) is 86.6 Å². The molecule has 3 nitrogen and oxygen atoms in total. The monoisotopic (exact) mass is 1010 g/mol. The Morgan fingerprint density at radius 3 is 1.63 bits per heavy atom. The fourth-order valence-corrected chi connectivity index (χ4v) is 14.7. The molecule has 12 aromatic carbocycles. The smallest absolute Gasteiger partial charge is 0.137 e. The van der Waals surface area contributed by atoms with Gasteiger partial charge in [0.05, 0.1) is 16.5 Å². The molecule has 4 heteroatoms. The molecule has 0 saturated heterocycles. The molecule has 2 aliphatic rings. The first-order chi connectivity index (χ1) is 38.4. The number of para-hydroxylation sites is 1. The van der Waals surface area contributed by atoms with Crippen LogP contribution in [0.2, 0.25) is 0 Å². The summed E-state index contributed by atoms with van der Waals surface area (Å²) in [6.45, 7) is 4.73. The van der Waals surface area contributed by atoms with Crippen molar-refractivity contribution >= 4 is 98.3 Å². The molecule has 0 bridgehead atoms. The molecule has 0 aliphatic heterocycles. The number of thiophene rings is 1. The highest BCUT2D eigenvalue weighted by Gasteiger charge is 2.46. The molecule has 0 saturated carbocycles. The number of furan rings is 1. The summed E-state index contributed by atoms with van der Waals surface area (Å²) in [5, 5.41) is 7.24. The molecular weight excluding hydrogens is 965 g/mol. The SMILES string of the molecule is CC1(C)c2ccccc2-c2ccc(N(c3cccc(N(c4ccc5c(c4)C(c4ccccc4)(c4ccccc4)c4ccccc4-5)c4ccc5c(c4)sc4cc6ccccc6cc45)c3)c3cccc4oc5ccccc5c34)cc21. The first-order valence-electron chi connectivity index (χ1n) is 27.0. The first-order valence-corrected chi connectivity index (χ1v) is 27.8. The largest absolute Gasteiger partial charge is 0.456 e. The Balaban J connectivity index is 0.946. The zero-order chi connectivity index (χ0) is 51.7. The number of rotatable bonds is 8. The van der Waals surface area contributed by atoms with Crippen LogP contribution in [-0.4, -0.2) is 0 Å². The number of hydrogen-bond donors (Lipinski definition) is 0. The minimum Gasteiger partial charge on any atom is -0.456 e. The fraction of sp³-hybridized carbons (Fsp3) is 0.0541. The minimum atomic E-state index is -0.570. The summed E-state index contributed by atoms with van der Waals surface area (Å²) >= 11 is 1.87. The van der Waals surface area contributed by atoms with Crippen LogP contribution in [-0.2, 0) is 10.8 Å². The minimum absolute atomic E-state index is 0.194. The maximum Gasteiger partial charge on any atom is 0.137 e. The number of nitrogens with zero attached hydrogens (tertiary/aromatic N) is 2. The molecule has 0 N–H and O–H groups in total. The van der Waals surface area contributed by atoms with Crippen molar-refractivity contribution in [3.8, 4) is 22.3 Å². The third-order valence-electron chi connectivity index (χ3n) is 17.1. The molecule has 2 heterocycles. The van der Waals surface area contributed by atoms with E-state index in [2.05, 4.69) is 291 Å². The van der Waals surface area contributed by atoms with Crippen molar-refractivity contribution in [1.82, 2.24) is 0 Å². The van der Waals surface area contributed by atoms with Crippen LogP contribution < -0.4 is 9.80 Å². The van der Waals surface area contributed by atoms with Gasteiger partial charge in [0.15, 0.2) is 0 Å². The van der Waals surface area contributed by atoms with E-state index in [0.717, 1.165) is 56.1 Å². The molecular formula is C74H50N2OS. The Bertz CT molecular complexity index is 4700. The van der Waals surface area contributed by atoms with Crippen molar-refractivity contribution in [2.24, 2.45) is 0 Å². The molecule has 0 atom stereocenters. The highest BCUT2D eigenvalue weighted by molar-refractivity contribution is 7.26. The topological polar surface area (TPSA) is 19.6 Å². The summed E-state index contributed by atoms with van der Waals surface area (Å²) in [6.07, 6.45) is 0. The Hall–Kier alpha value is -9.48. The van der Waals surface area contributed by atoms with E-state index in [4.69, 9.17) is 4.42 Å². The van der Waals surface area contributed by atoms with Gasteiger partial charge in [-0.05, 0) is 151 Å². The van der Waals surface area contributed by atoms with Crippen LogP contribution >= 0.6 is 11.3 Å². The first kappa shape index (κ1) is 44.8. The number of fused-ring (bicyclic) bond motifs is 13. The van der Waals surface area contributed by atoms with E-state index in [1.54, 1.807) is 0 Å². The zero-order valence-electron chi connectivity index (χ0n) is 43.1. The Kier molecular flexibility index (Phi) is 9.77. The molecule has 16 rings (SSSR count). The van der Waals surface area contributed by atoms with Gasteiger partial charge in [0.2, 0.25) is 0 Å². The van der Waals surface area contributed by atoms with Crippen LogP contribution in [0.15, 0.2) is 271 Å². The quantitative estimate of drug-likeness (QED) is 0.151. The Labute approximate surface area is 457 Å². The van der Waals surface area contributed by atoms with Gasteiger partial charge in [0, 0.05) is 59.4 Å². The Morgan fingerprint density at radius 1 is 0.333 bits per heavy atom. The van der Waals surface area contributed by atoms with Gasteiger partial charge < -0.3 is 14.2 Å². The lowest BCUT2D eigenvalue weighted by atomic mass is 9.67. The van der Waals surface area contributed by atoms with E-state index in [-0.39, 0.29) is 5.41 Å². The van der Waals surface area contributed by atoms with Crippen LogP contribution in [0.4, 0.5) is 34.1 Å². The van der Waals surface area contributed by atoms with Crippen LogP contribution in [0.5, 0.6) is 0 Å². The maximum atomic E-state index is 6.63. The van der Waals surface area contributed by atoms with Crippen molar-refractivity contribution in [2.75, 3.05) is 9.80 Å². The molecule has 2 aliphatic carbocycles. The van der Waals surface area contributed by atoms with Gasteiger partial charge in [-0.25, -0.2) is 0 Å². The van der Waals surface area contributed by atoms with Crippen molar-refractivity contribution in [1.29, 1.82) is 0 Å². The number of anilines is 6. The normalized spacial score (nSPS) is 13.7. The molecule has 78 heavy (non-hydrogen) atoms. The second-order valence-electron chi connectivity index (χ2n) is 21.6. The lowest BCUT2D eigenvalue weighted by Crippen LogP contribution is -2.28. The van der Waals surface area contributed by atoms with Gasteiger partial charge in [-0.1, -0.05) is 196 Å². The highest BCUT2D eigenvalue weighted by Crippen LogP contribution is 2.58. The van der Waals surface area contributed by atoms with E-state index >= 15 is 0 Å². The van der Waals surface area contributed by atoms with E-state index in [1.807, 2.05) is 11.3 Å². The summed E-state index contributed by atoms with van der Waals surface area (Å²) in [5.41, 5.74) is 20.2. The average Bonchev–Trinajstić information content (AvgIpc) is 4.15. The van der Waals surface area contributed by atoms with Crippen molar-refractivity contribution in [3.63, 3.8) is 0 Å². The Morgan fingerprint density at radius 2 is 0.859 bits per heavy atom. The fourth-order valence-electron chi connectivity index (χ4n) is 13.6. The van der Waals surface area contributed by atoms with E-state index in [0.29, 0.717) is 0 Å². The van der Waals surface area contributed by atoms with Gasteiger partial charge >= 0.3 is 0 Å². The van der Waals surface area contributed by atoms with Gasteiger partial charge in [-0.2, -0.15) is 0 Å². The summed E-state index contributed by atoms with van der Waals surface area (Å²) in [5.74, 6) is 0. The van der Waals surface area contributed by atoms with Crippen molar-refractivity contribution < 1.29 is 4.42 Å². The highest BCUT2D eigenvalue weighted by atomic mass is 32.1. The van der Waals surface area contributed by atoms with E-state index < -0.39 is 5.41 Å². The second kappa shape index (κ2) is 17.0. The van der Waals surface area contributed by atoms with Crippen LogP contribution in [0.25, 0.3) is 75.1 Å². The predicted molar refractivity (Wildman–Crippen MR) is 328 cm³/mol. The van der Waals surface area contributed by atoms with Gasteiger partial charge in [0.1, 0.15) is 11.2 Å². The zero-order valence-corrected chi connectivity index (χ0v) is 43.9. The molecule has 14 aromatic rings. The van der Waals surface area contributed by atoms with Crippen LogP contribution in [0.1, 0.15) is 47.2 Å². The standard InChI is InChI=1S/C74H50N2OS/c1-73(2)63-30-14-11-27-56(63)58-38-36-54(44-65(58)73)76(67-32-18-34-69-72(67)61-29-13-16-33-68(61)77-69)52-26-17-25-51(43-52)75(55-37-40-60-62-41-47-19-9-10-20-48(47)42-70(62)78-71(60)46-55)53-35-39-59-57-28-12-15-31-64(57)74(66(59)45-53,49-21-5-3-6-22-49)50-23-7-4-8-24-50/h3-46H,1-2H3. The molecule has 0 radical (unpaired) electrons. The summed E-state index contributed by atoms with van der Waals surface area (Å²) < 4.78 is 9.16. The maximum absolute atomic E-state index is 6.63. The van der Waals surface area contributed by atoms with Gasteiger partial charge in [-0.3, -0.25) is 0 Å². The summed E-state index contributed by atoms with van der Waals surface area (Å²) in [7, 11) is 0. The van der Waals surface area contributed by atoms with Crippen molar-refractivity contribution in [3.05, 3.63) is 300 Å². The second-order valence-corrected chi connectivity index (χ2v) is 22.7. The molecule has 2 aromatic heterocycles. The predicted octanol–water partition coefficient (Wildman–Crippen LogP) is 20.7. The summed E-state index contributed by atoms with van der Waals surface area (Å²) in [4.78, 5) is 4.95. The molecule has 0 fully saturated rings. The third kappa shape index (κ3) is 6.51.